The average molecular weight is 265 g/mol. The molecule has 2 heterocycles. The van der Waals surface area contributed by atoms with Crippen LogP contribution in [0.2, 0.25) is 0 Å². The fourth-order valence-electron chi connectivity index (χ4n) is 2.51. The molecule has 0 aliphatic carbocycles. The summed E-state index contributed by atoms with van der Waals surface area (Å²) in [7, 11) is 4.00. The van der Waals surface area contributed by atoms with E-state index in [0.29, 0.717) is 0 Å². The quantitative estimate of drug-likeness (QED) is 0.753. The average Bonchev–Trinajstić information content (AvgIpc) is 2.90. The monoisotopic (exact) mass is 265 g/mol. The van der Waals surface area contributed by atoms with E-state index in [4.69, 9.17) is 4.74 Å². The van der Waals surface area contributed by atoms with Gasteiger partial charge in [0.15, 0.2) is 0 Å². The van der Waals surface area contributed by atoms with Crippen LogP contribution in [0.15, 0.2) is 23.1 Å². The van der Waals surface area contributed by atoms with Gasteiger partial charge in [-0.1, -0.05) is 11.6 Å². The van der Waals surface area contributed by atoms with E-state index in [-0.39, 0.29) is 0 Å². The highest BCUT2D eigenvalue weighted by atomic mass is 32.1. The molecule has 3 heteroatoms. The zero-order valence-corrected chi connectivity index (χ0v) is 12.3. The maximum absolute atomic E-state index is 5.19. The van der Waals surface area contributed by atoms with Crippen molar-refractivity contribution in [1.82, 2.24) is 4.90 Å². The zero-order chi connectivity index (χ0) is 12.8. The fraction of sp³-hybridized carbons (Fsp3) is 0.600. The Kier molecular flexibility index (Phi) is 5.42. The highest BCUT2D eigenvalue weighted by Gasteiger charge is 2.15. The number of hydrogen-bond donors (Lipinski definition) is 0. The van der Waals surface area contributed by atoms with Gasteiger partial charge in [-0.3, -0.25) is 0 Å². The number of methoxy groups -OCH3 is 1. The number of hydrogen-bond acceptors (Lipinski definition) is 3. The molecule has 1 saturated heterocycles. The van der Waals surface area contributed by atoms with Gasteiger partial charge >= 0.3 is 0 Å². The summed E-state index contributed by atoms with van der Waals surface area (Å²) in [5.41, 5.74) is 3.27. The number of nitrogens with zero attached hydrogens (tertiary/aromatic N) is 1. The molecule has 2 nitrogen and oxygen atoms in total. The minimum Gasteiger partial charge on any atom is -0.385 e. The van der Waals surface area contributed by atoms with Gasteiger partial charge in [-0.2, -0.15) is 0 Å². The molecule has 1 aliphatic rings. The predicted octanol–water partition coefficient (Wildman–Crippen LogP) is 3.65. The number of likely N-dealkylation sites (tertiary alicyclic amines) is 1. The second-order valence-corrected chi connectivity index (χ2v) is 5.91. The van der Waals surface area contributed by atoms with Crippen molar-refractivity contribution in [2.45, 2.75) is 25.7 Å². The highest BCUT2D eigenvalue weighted by Crippen LogP contribution is 2.32. The lowest BCUT2D eigenvalue weighted by molar-refractivity contribution is 0.196. The van der Waals surface area contributed by atoms with Crippen molar-refractivity contribution in [3.63, 3.8) is 0 Å². The van der Waals surface area contributed by atoms with Gasteiger partial charge in [0.05, 0.1) is 0 Å². The molecule has 1 aliphatic heterocycles. The molecule has 0 aromatic carbocycles. The molecule has 0 saturated carbocycles. The summed E-state index contributed by atoms with van der Waals surface area (Å²) >= 11 is 1.87. The molecular formula is C15H23NOS. The number of allylic oxidation sites excluding steroid dienone is 1. The van der Waals surface area contributed by atoms with E-state index in [9.17, 15) is 0 Å². The fourth-order valence-corrected chi connectivity index (χ4v) is 3.36. The van der Waals surface area contributed by atoms with E-state index >= 15 is 0 Å². The summed E-state index contributed by atoms with van der Waals surface area (Å²) in [6.07, 6.45) is 4.75. The molecule has 0 bridgehead atoms. The van der Waals surface area contributed by atoms with Crippen LogP contribution in [0.3, 0.4) is 0 Å². The van der Waals surface area contributed by atoms with E-state index in [2.05, 4.69) is 29.5 Å². The van der Waals surface area contributed by atoms with Gasteiger partial charge in [0.2, 0.25) is 0 Å². The third kappa shape index (κ3) is 3.67. The van der Waals surface area contributed by atoms with Crippen molar-refractivity contribution in [2.24, 2.45) is 0 Å². The number of ether oxygens (including phenoxy) is 1. The largest absolute Gasteiger partial charge is 0.385 e. The molecule has 0 unspecified atom stereocenters. The summed E-state index contributed by atoms with van der Waals surface area (Å²) < 4.78 is 5.19. The van der Waals surface area contributed by atoms with Crippen LogP contribution in [0.4, 0.5) is 0 Å². The molecule has 1 aromatic heterocycles. The lowest BCUT2D eigenvalue weighted by Crippen LogP contribution is -2.26. The smallest absolute Gasteiger partial charge is 0.0465 e. The highest BCUT2D eigenvalue weighted by molar-refractivity contribution is 7.11. The predicted molar refractivity (Wildman–Crippen MR) is 79.1 cm³/mol. The Morgan fingerprint density at radius 3 is 2.78 bits per heavy atom. The van der Waals surface area contributed by atoms with Crippen LogP contribution in [0.1, 0.15) is 30.6 Å². The first-order valence-corrected chi connectivity index (χ1v) is 7.61. The molecule has 1 aromatic rings. The van der Waals surface area contributed by atoms with E-state index < -0.39 is 0 Å². The molecule has 100 valence electrons. The summed E-state index contributed by atoms with van der Waals surface area (Å²) in [6.45, 7) is 3.27. The van der Waals surface area contributed by atoms with Gasteiger partial charge in [-0.25, -0.2) is 0 Å². The Morgan fingerprint density at radius 1 is 1.39 bits per heavy atom. The maximum Gasteiger partial charge on any atom is 0.0465 e. The third-order valence-corrected chi connectivity index (χ3v) is 4.54. The Labute approximate surface area is 114 Å². The lowest BCUT2D eigenvalue weighted by Gasteiger charge is -2.26. The lowest BCUT2D eigenvalue weighted by atomic mass is 9.94. The van der Waals surface area contributed by atoms with E-state index in [1.54, 1.807) is 18.3 Å². The van der Waals surface area contributed by atoms with E-state index in [1.165, 1.54) is 30.8 Å². The molecule has 0 N–H and O–H groups in total. The molecular weight excluding hydrogens is 242 g/mol. The van der Waals surface area contributed by atoms with Crippen molar-refractivity contribution in [3.8, 4) is 0 Å². The maximum atomic E-state index is 5.19. The van der Waals surface area contributed by atoms with Gasteiger partial charge in [0.1, 0.15) is 0 Å². The SMILES string of the molecule is COCCCC(=C1CCN(C)CC1)c1cccs1. The van der Waals surface area contributed by atoms with Gasteiger partial charge in [-0.15, -0.1) is 11.3 Å². The first-order chi connectivity index (χ1) is 8.81. The third-order valence-electron chi connectivity index (χ3n) is 3.61. The molecule has 0 radical (unpaired) electrons. The number of piperidine rings is 1. The second-order valence-electron chi connectivity index (χ2n) is 4.96. The van der Waals surface area contributed by atoms with Crippen LogP contribution in [0.5, 0.6) is 0 Å². The number of rotatable bonds is 5. The Balaban J connectivity index is 2.11. The zero-order valence-electron chi connectivity index (χ0n) is 11.4. The second kappa shape index (κ2) is 7.07. The summed E-state index contributed by atoms with van der Waals surface area (Å²) in [5.74, 6) is 0. The first-order valence-electron chi connectivity index (χ1n) is 6.73. The van der Waals surface area contributed by atoms with Gasteiger partial charge < -0.3 is 9.64 Å². The summed E-state index contributed by atoms with van der Waals surface area (Å²) in [4.78, 5) is 3.88. The topological polar surface area (TPSA) is 12.5 Å². The molecule has 0 amide bonds. The van der Waals surface area contributed by atoms with Crippen LogP contribution < -0.4 is 0 Å². The van der Waals surface area contributed by atoms with E-state index in [1.807, 2.05) is 11.3 Å². The molecule has 0 spiro atoms. The first kappa shape index (κ1) is 13.8. The Morgan fingerprint density at radius 2 is 2.17 bits per heavy atom. The van der Waals surface area contributed by atoms with Crippen molar-refractivity contribution in [2.75, 3.05) is 33.9 Å². The van der Waals surface area contributed by atoms with Crippen molar-refractivity contribution in [1.29, 1.82) is 0 Å². The molecule has 2 rings (SSSR count). The van der Waals surface area contributed by atoms with Crippen molar-refractivity contribution in [3.05, 3.63) is 28.0 Å². The van der Waals surface area contributed by atoms with Gasteiger partial charge in [0.25, 0.3) is 0 Å². The normalized spacial score (nSPS) is 17.1. The molecule has 0 atom stereocenters. The standard InChI is InChI=1S/C15H23NOS/c1-16-9-7-13(8-10-16)14(5-3-11-17-2)15-6-4-12-18-15/h4,6,12H,3,5,7-11H2,1-2H3. The summed E-state index contributed by atoms with van der Waals surface area (Å²) in [6, 6.07) is 4.42. The molecule has 1 fully saturated rings. The minimum atomic E-state index is 0.863. The van der Waals surface area contributed by atoms with Crippen LogP contribution in [0, 0.1) is 0 Å². The van der Waals surface area contributed by atoms with E-state index in [0.717, 1.165) is 19.4 Å². The Bertz CT molecular complexity index is 373. The summed E-state index contributed by atoms with van der Waals surface area (Å²) in [5, 5.41) is 2.18. The van der Waals surface area contributed by atoms with Crippen LogP contribution in [-0.2, 0) is 4.74 Å². The van der Waals surface area contributed by atoms with Gasteiger partial charge in [0, 0.05) is 31.7 Å². The Hall–Kier alpha value is -0.640. The van der Waals surface area contributed by atoms with Crippen LogP contribution >= 0.6 is 11.3 Å². The van der Waals surface area contributed by atoms with Crippen LogP contribution in [0.25, 0.3) is 5.57 Å². The van der Waals surface area contributed by atoms with Crippen LogP contribution in [-0.4, -0.2) is 38.8 Å². The van der Waals surface area contributed by atoms with Crippen molar-refractivity contribution >= 4 is 16.9 Å². The number of thiophene rings is 1. The van der Waals surface area contributed by atoms with Gasteiger partial charge in [-0.05, 0) is 49.8 Å². The molecule has 18 heavy (non-hydrogen) atoms. The van der Waals surface area contributed by atoms with Crippen molar-refractivity contribution < 1.29 is 4.74 Å². The minimum absolute atomic E-state index is 0.863.